The molecule has 31 heavy (non-hydrogen) atoms. The Balaban J connectivity index is 1.63. The summed E-state index contributed by atoms with van der Waals surface area (Å²) < 4.78 is 15.3. The van der Waals surface area contributed by atoms with Crippen LogP contribution >= 0.6 is 0 Å². The first-order chi connectivity index (χ1) is 15.0. The summed E-state index contributed by atoms with van der Waals surface area (Å²) in [7, 11) is 0. The number of rotatable bonds is 5. The Morgan fingerprint density at radius 1 is 1.26 bits per heavy atom. The zero-order valence-corrected chi connectivity index (χ0v) is 17.2. The molecule has 1 aliphatic rings. The van der Waals surface area contributed by atoms with E-state index in [0.29, 0.717) is 22.6 Å². The lowest BCUT2D eigenvalue weighted by Gasteiger charge is -2.24. The Kier molecular flexibility index (Phi) is 5.62. The Bertz CT molecular complexity index is 1170. The Hall–Kier alpha value is -3.81. The third kappa shape index (κ3) is 4.23. The summed E-state index contributed by atoms with van der Waals surface area (Å²) in [5.41, 5.74) is 3.48. The smallest absolute Gasteiger partial charge is 0.253 e. The van der Waals surface area contributed by atoms with Crippen molar-refractivity contribution in [2.24, 2.45) is 0 Å². The minimum atomic E-state index is -0.457. The van der Waals surface area contributed by atoms with Crippen molar-refractivity contribution in [3.05, 3.63) is 77.5 Å². The van der Waals surface area contributed by atoms with E-state index in [9.17, 15) is 14.0 Å². The molecule has 1 aliphatic heterocycles. The quantitative estimate of drug-likeness (QED) is 0.662. The molecule has 8 heteroatoms. The predicted octanol–water partition coefficient (Wildman–Crippen LogP) is 3.54. The summed E-state index contributed by atoms with van der Waals surface area (Å²) in [6, 6.07) is 11.6. The number of nitrogens with zero attached hydrogens (tertiary/aromatic N) is 3. The van der Waals surface area contributed by atoms with E-state index in [0.717, 1.165) is 17.7 Å². The van der Waals surface area contributed by atoms with E-state index < -0.39 is 5.92 Å². The summed E-state index contributed by atoms with van der Waals surface area (Å²) in [6.07, 6.45) is 3.21. The number of aromatic nitrogens is 3. The van der Waals surface area contributed by atoms with Crippen molar-refractivity contribution in [2.75, 3.05) is 5.32 Å². The van der Waals surface area contributed by atoms with Gasteiger partial charge < -0.3 is 15.2 Å². The molecule has 0 saturated carbocycles. The van der Waals surface area contributed by atoms with Crippen LogP contribution in [0.1, 0.15) is 30.4 Å². The van der Waals surface area contributed by atoms with Crippen molar-refractivity contribution >= 4 is 17.5 Å². The Morgan fingerprint density at radius 3 is 2.77 bits per heavy atom. The fourth-order valence-electron chi connectivity index (χ4n) is 3.63. The molecule has 0 unspecified atom stereocenters. The van der Waals surface area contributed by atoms with Crippen molar-refractivity contribution in [3.63, 3.8) is 0 Å². The van der Waals surface area contributed by atoms with Gasteiger partial charge in [0, 0.05) is 41.9 Å². The highest BCUT2D eigenvalue weighted by molar-refractivity contribution is 6.07. The van der Waals surface area contributed by atoms with Gasteiger partial charge in [-0.15, -0.1) is 10.2 Å². The maximum atomic E-state index is 13.3. The van der Waals surface area contributed by atoms with Gasteiger partial charge in [0.1, 0.15) is 12.1 Å². The molecule has 2 amide bonds. The molecule has 0 spiro atoms. The molecular formula is C23H22FN5O2. The second kappa shape index (κ2) is 8.51. The van der Waals surface area contributed by atoms with Crippen LogP contribution < -0.4 is 10.6 Å². The third-order valence-electron chi connectivity index (χ3n) is 5.39. The van der Waals surface area contributed by atoms with Crippen LogP contribution in [0.3, 0.4) is 0 Å². The largest absolute Gasteiger partial charge is 0.332 e. The van der Waals surface area contributed by atoms with Crippen molar-refractivity contribution in [2.45, 2.75) is 32.7 Å². The van der Waals surface area contributed by atoms with Crippen molar-refractivity contribution < 1.29 is 14.0 Å². The summed E-state index contributed by atoms with van der Waals surface area (Å²) in [5.74, 6) is -0.631. The molecule has 0 saturated heterocycles. The molecule has 2 heterocycles. The summed E-state index contributed by atoms with van der Waals surface area (Å²) in [5, 5.41) is 13.7. The van der Waals surface area contributed by atoms with Crippen LogP contribution in [-0.4, -0.2) is 26.6 Å². The van der Waals surface area contributed by atoms with E-state index in [1.807, 2.05) is 36.6 Å². The van der Waals surface area contributed by atoms with Crippen molar-refractivity contribution in [3.8, 4) is 11.4 Å². The van der Waals surface area contributed by atoms with Crippen molar-refractivity contribution in [1.82, 2.24) is 20.1 Å². The molecule has 2 aromatic carbocycles. The van der Waals surface area contributed by atoms with Gasteiger partial charge >= 0.3 is 0 Å². The summed E-state index contributed by atoms with van der Waals surface area (Å²) in [4.78, 5) is 25.1. The van der Waals surface area contributed by atoms with Crippen LogP contribution in [-0.2, 0) is 16.1 Å². The molecule has 3 aromatic rings. The first kappa shape index (κ1) is 20.5. The van der Waals surface area contributed by atoms with E-state index >= 15 is 0 Å². The number of hydrogen-bond donors (Lipinski definition) is 2. The predicted molar refractivity (Wildman–Crippen MR) is 114 cm³/mol. The second-order valence-electron chi connectivity index (χ2n) is 7.40. The lowest BCUT2D eigenvalue weighted by atomic mass is 9.86. The van der Waals surface area contributed by atoms with E-state index in [-0.39, 0.29) is 24.1 Å². The van der Waals surface area contributed by atoms with Crippen LogP contribution in [0.4, 0.5) is 10.1 Å². The molecule has 1 aromatic heterocycles. The zero-order chi connectivity index (χ0) is 22.0. The average Bonchev–Trinajstić information content (AvgIpc) is 3.24. The highest BCUT2D eigenvalue weighted by Gasteiger charge is 2.29. The van der Waals surface area contributed by atoms with E-state index in [1.54, 1.807) is 18.5 Å². The maximum absolute atomic E-state index is 13.3. The van der Waals surface area contributed by atoms with Crippen LogP contribution in [0.2, 0.25) is 0 Å². The van der Waals surface area contributed by atoms with E-state index in [1.165, 1.54) is 18.3 Å². The van der Waals surface area contributed by atoms with Crippen LogP contribution in [0, 0.1) is 12.7 Å². The molecule has 0 aliphatic carbocycles. The van der Waals surface area contributed by atoms with Crippen LogP contribution in [0.25, 0.3) is 11.4 Å². The minimum Gasteiger partial charge on any atom is -0.332 e. The Morgan fingerprint density at radius 2 is 2.03 bits per heavy atom. The molecule has 4 rings (SSSR count). The lowest BCUT2D eigenvalue weighted by Crippen LogP contribution is -2.32. The topological polar surface area (TPSA) is 88.9 Å². The van der Waals surface area contributed by atoms with Crippen molar-refractivity contribution in [1.29, 1.82) is 0 Å². The highest BCUT2D eigenvalue weighted by Crippen LogP contribution is 2.32. The van der Waals surface area contributed by atoms with Gasteiger partial charge in [-0.2, -0.15) is 0 Å². The molecule has 2 N–H and O–H groups in total. The van der Waals surface area contributed by atoms with Gasteiger partial charge in [0.2, 0.25) is 5.91 Å². The van der Waals surface area contributed by atoms with E-state index in [4.69, 9.17) is 0 Å². The number of hydrogen-bond acceptors (Lipinski definition) is 4. The van der Waals surface area contributed by atoms with Gasteiger partial charge in [-0.3, -0.25) is 9.59 Å². The SMILES string of the molecule is CCn1cnnc1-c1ccc(C)c(NC(=O)C2=CNC(=O)C[C@H]2c2ccc(F)cc2)c1. The number of aryl methyl sites for hydroxylation is 2. The van der Waals surface area contributed by atoms with E-state index in [2.05, 4.69) is 20.8 Å². The monoisotopic (exact) mass is 419 g/mol. The fourth-order valence-corrected chi connectivity index (χ4v) is 3.63. The summed E-state index contributed by atoms with van der Waals surface area (Å²) >= 11 is 0. The zero-order valence-electron chi connectivity index (χ0n) is 17.2. The molecule has 7 nitrogen and oxygen atoms in total. The summed E-state index contributed by atoms with van der Waals surface area (Å²) in [6.45, 7) is 4.63. The Labute approximate surface area is 179 Å². The first-order valence-electron chi connectivity index (χ1n) is 10.0. The average molecular weight is 419 g/mol. The second-order valence-corrected chi connectivity index (χ2v) is 7.40. The minimum absolute atomic E-state index is 0.115. The molecule has 0 radical (unpaired) electrons. The first-order valence-corrected chi connectivity index (χ1v) is 10.0. The fraction of sp³-hybridized carbons (Fsp3) is 0.217. The number of carbonyl (C=O) groups excluding carboxylic acids is 2. The molecule has 0 fully saturated rings. The maximum Gasteiger partial charge on any atom is 0.253 e. The van der Waals surface area contributed by atoms with Crippen LogP contribution in [0.5, 0.6) is 0 Å². The highest BCUT2D eigenvalue weighted by atomic mass is 19.1. The van der Waals surface area contributed by atoms with Gasteiger partial charge in [-0.05, 0) is 43.2 Å². The molecular weight excluding hydrogens is 397 g/mol. The number of benzene rings is 2. The van der Waals surface area contributed by atoms with Crippen LogP contribution in [0.15, 0.2) is 60.6 Å². The lowest BCUT2D eigenvalue weighted by molar-refractivity contribution is -0.121. The molecule has 0 bridgehead atoms. The van der Waals surface area contributed by atoms with Gasteiger partial charge in [0.25, 0.3) is 5.91 Å². The number of halogens is 1. The standard InChI is InChI=1S/C23H22FN5O2/c1-3-29-13-26-28-22(29)16-5-4-14(2)20(10-16)27-23(31)19-12-25-21(30)11-18(19)15-6-8-17(24)9-7-15/h4-10,12-13,18H,3,11H2,1-2H3,(H,25,30)(H,27,31)/t18-/m0/s1. The number of carbonyl (C=O) groups is 2. The normalized spacial score (nSPS) is 15.9. The number of nitrogens with one attached hydrogen (secondary N) is 2. The number of amides is 2. The number of anilines is 1. The van der Waals surface area contributed by atoms with Gasteiger partial charge in [-0.25, -0.2) is 4.39 Å². The van der Waals surface area contributed by atoms with Gasteiger partial charge in [0.05, 0.1) is 0 Å². The third-order valence-corrected chi connectivity index (χ3v) is 5.39. The van der Waals surface area contributed by atoms with Gasteiger partial charge in [0.15, 0.2) is 5.82 Å². The van der Waals surface area contributed by atoms with Gasteiger partial charge in [-0.1, -0.05) is 24.3 Å². The molecule has 1 atom stereocenters. The molecule has 158 valence electrons.